The van der Waals surface area contributed by atoms with Crippen molar-refractivity contribution in [1.82, 2.24) is 5.32 Å². The average molecular weight is 343 g/mol. The lowest BCUT2D eigenvalue weighted by Crippen LogP contribution is -2.33. The fourth-order valence-electron chi connectivity index (χ4n) is 0.997. The fraction of sp³-hybridized carbons (Fsp3) is 0.769. The highest BCUT2D eigenvalue weighted by Crippen LogP contribution is 2.13. The minimum atomic E-state index is -5.08. The van der Waals surface area contributed by atoms with Gasteiger partial charge in [0.1, 0.15) is 5.60 Å². The molecule has 0 bridgehead atoms. The maximum absolute atomic E-state index is 11.2. The first kappa shape index (κ1) is 23.3. The van der Waals surface area contributed by atoms with Crippen LogP contribution in [-0.4, -0.2) is 47.9 Å². The van der Waals surface area contributed by atoms with E-state index in [1.165, 1.54) is 0 Å². The van der Waals surface area contributed by atoms with E-state index in [9.17, 15) is 18.0 Å². The van der Waals surface area contributed by atoms with Gasteiger partial charge in [-0.15, -0.1) is 0 Å². The zero-order valence-corrected chi connectivity index (χ0v) is 13.7. The van der Waals surface area contributed by atoms with Crippen molar-refractivity contribution in [3.05, 3.63) is 0 Å². The van der Waals surface area contributed by atoms with Crippen molar-refractivity contribution in [2.75, 3.05) is 13.1 Å². The number of amidine groups is 1. The number of hydrogen-bond donors (Lipinski definition) is 3. The molecule has 0 atom stereocenters. The molecule has 0 saturated heterocycles. The van der Waals surface area contributed by atoms with E-state index in [-0.39, 0.29) is 6.09 Å². The van der Waals surface area contributed by atoms with Crippen LogP contribution in [0, 0.1) is 0 Å². The van der Waals surface area contributed by atoms with Crippen LogP contribution < -0.4 is 11.1 Å². The number of carbonyl (C=O) groups is 2. The van der Waals surface area contributed by atoms with E-state index >= 15 is 0 Å². The van der Waals surface area contributed by atoms with Crippen LogP contribution in [-0.2, 0) is 9.53 Å². The van der Waals surface area contributed by atoms with Gasteiger partial charge in [0.05, 0.1) is 5.84 Å². The van der Waals surface area contributed by atoms with Crippen molar-refractivity contribution in [3.8, 4) is 0 Å². The monoisotopic (exact) mass is 343 g/mol. The van der Waals surface area contributed by atoms with Crippen LogP contribution in [0.15, 0.2) is 4.99 Å². The number of ether oxygens (including phenoxy) is 1. The molecule has 0 aromatic carbocycles. The molecule has 0 aliphatic rings. The van der Waals surface area contributed by atoms with Crippen molar-refractivity contribution in [2.45, 2.75) is 52.3 Å². The number of carboxylic acid groups (broad SMARTS) is 1. The van der Waals surface area contributed by atoms with Crippen LogP contribution in [0.1, 0.15) is 40.5 Å². The summed E-state index contributed by atoms with van der Waals surface area (Å²) in [5.41, 5.74) is 4.95. The fourth-order valence-corrected chi connectivity index (χ4v) is 0.997. The molecule has 0 aromatic rings. The Morgan fingerprint density at radius 3 is 2.04 bits per heavy atom. The number of nitrogens with two attached hydrogens (primary N) is 1. The molecule has 7 nitrogen and oxygen atoms in total. The Kier molecular flexibility index (Phi) is 10.8. The molecule has 0 aliphatic carbocycles. The highest BCUT2D eigenvalue weighted by atomic mass is 19.4. The molecule has 1 amide bonds. The molecule has 0 aromatic heterocycles. The standard InChI is InChI=1S/C11H23N3O2.C2HF3O2/c1-9(12)13-7-5-6-8-14-10(15)16-11(2,3)4;3-2(4,5)1(6)7/h5-8H2,1-4H3,(H2,12,13)(H,14,15);(H,6,7). The third-order valence-corrected chi connectivity index (χ3v) is 1.86. The molecule has 0 rings (SSSR count). The van der Waals surface area contributed by atoms with Gasteiger partial charge in [-0.3, -0.25) is 4.99 Å². The summed E-state index contributed by atoms with van der Waals surface area (Å²) in [7, 11) is 0. The molecule has 136 valence electrons. The molecule has 0 saturated carbocycles. The highest BCUT2D eigenvalue weighted by Gasteiger charge is 2.38. The lowest BCUT2D eigenvalue weighted by Gasteiger charge is -2.19. The number of amides is 1. The summed E-state index contributed by atoms with van der Waals surface area (Å²) >= 11 is 0. The number of alkyl halides is 3. The maximum Gasteiger partial charge on any atom is 0.490 e. The molecule has 0 aliphatic heterocycles. The zero-order chi connectivity index (χ0) is 18.7. The van der Waals surface area contributed by atoms with Gasteiger partial charge < -0.3 is 20.9 Å². The maximum atomic E-state index is 11.2. The first-order valence-corrected chi connectivity index (χ1v) is 6.79. The van der Waals surface area contributed by atoms with Crippen LogP contribution >= 0.6 is 0 Å². The topological polar surface area (TPSA) is 114 Å². The van der Waals surface area contributed by atoms with Gasteiger partial charge in [0.2, 0.25) is 0 Å². The minimum absolute atomic E-state index is 0.369. The van der Waals surface area contributed by atoms with E-state index in [2.05, 4.69) is 10.3 Å². The number of halogens is 3. The van der Waals surface area contributed by atoms with Gasteiger partial charge in [-0.05, 0) is 40.5 Å². The van der Waals surface area contributed by atoms with Gasteiger partial charge in [-0.2, -0.15) is 13.2 Å². The van der Waals surface area contributed by atoms with E-state index in [0.29, 0.717) is 18.9 Å². The van der Waals surface area contributed by atoms with E-state index in [1.54, 1.807) is 6.92 Å². The molecular weight excluding hydrogens is 319 g/mol. The summed E-state index contributed by atoms with van der Waals surface area (Å²) in [4.78, 5) is 24.2. The number of aliphatic carboxylic acids is 1. The number of carbonyl (C=O) groups excluding carboxylic acids is 1. The van der Waals surface area contributed by atoms with Crippen molar-refractivity contribution in [3.63, 3.8) is 0 Å². The third kappa shape index (κ3) is 20.0. The Labute approximate surface area is 133 Å². The number of alkyl carbamates (subject to hydrolysis) is 1. The predicted octanol–water partition coefficient (Wildman–Crippen LogP) is 2.30. The second kappa shape index (κ2) is 10.7. The van der Waals surface area contributed by atoms with Gasteiger partial charge in [-0.25, -0.2) is 9.59 Å². The Morgan fingerprint density at radius 1 is 1.22 bits per heavy atom. The first-order valence-electron chi connectivity index (χ1n) is 6.79. The van der Waals surface area contributed by atoms with Crippen LogP contribution in [0.25, 0.3) is 0 Å². The smallest absolute Gasteiger partial charge is 0.475 e. The number of rotatable bonds is 5. The second-order valence-electron chi connectivity index (χ2n) is 5.46. The van der Waals surface area contributed by atoms with Gasteiger partial charge in [0.25, 0.3) is 0 Å². The lowest BCUT2D eigenvalue weighted by atomic mass is 10.2. The van der Waals surface area contributed by atoms with Crippen molar-refractivity contribution < 1.29 is 32.6 Å². The van der Waals surface area contributed by atoms with Crippen molar-refractivity contribution in [2.24, 2.45) is 10.7 Å². The largest absolute Gasteiger partial charge is 0.490 e. The first-order chi connectivity index (χ1) is 10.3. The number of nitrogens with zero attached hydrogens (tertiary/aromatic N) is 1. The quantitative estimate of drug-likeness (QED) is 0.403. The predicted molar refractivity (Wildman–Crippen MR) is 79.3 cm³/mol. The van der Waals surface area contributed by atoms with Crippen molar-refractivity contribution >= 4 is 17.9 Å². The number of aliphatic imine (C=N–C) groups is 1. The van der Waals surface area contributed by atoms with Gasteiger partial charge in [-0.1, -0.05) is 0 Å². The van der Waals surface area contributed by atoms with Crippen LogP contribution in [0.5, 0.6) is 0 Å². The molecule has 0 unspecified atom stereocenters. The minimum Gasteiger partial charge on any atom is -0.475 e. The Hall–Kier alpha value is -2.00. The van der Waals surface area contributed by atoms with Crippen molar-refractivity contribution in [1.29, 1.82) is 0 Å². The van der Waals surface area contributed by atoms with Gasteiger partial charge in [0.15, 0.2) is 0 Å². The highest BCUT2D eigenvalue weighted by molar-refractivity contribution is 5.77. The van der Waals surface area contributed by atoms with Gasteiger partial charge in [0, 0.05) is 13.1 Å². The molecule has 23 heavy (non-hydrogen) atoms. The van der Waals surface area contributed by atoms with E-state index in [0.717, 1.165) is 12.8 Å². The average Bonchev–Trinajstić information content (AvgIpc) is 2.30. The molecule has 0 radical (unpaired) electrons. The number of unbranched alkanes of at least 4 members (excludes halogenated alkanes) is 1. The van der Waals surface area contributed by atoms with Gasteiger partial charge >= 0.3 is 18.2 Å². The summed E-state index contributed by atoms with van der Waals surface area (Å²) in [6.45, 7) is 8.59. The number of nitrogens with one attached hydrogen (secondary N) is 1. The summed E-state index contributed by atoms with van der Waals surface area (Å²) in [5.74, 6) is -2.16. The SMILES string of the molecule is CC(N)=NCCCCNC(=O)OC(C)(C)C.O=C(O)C(F)(F)F. The van der Waals surface area contributed by atoms with E-state index in [1.807, 2.05) is 20.8 Å². The Balaban J connectivity index is 0. The molecule has 0 fully saturated rings. The Bertz CT molecular complexity index is 400. The molecule has 0 heterocycles. The summed E-state index contributed by atoms with van der Waals surface area (Å²) < 4.78 is 36.8. The molecule has 0 spiro atoms. The zero-order valence-electron chi connectivity index (χ0n) is 13.7. The van der Waals surface area contributed by atoms with E-state index in [4.69, 9.17) is 20.4 Å². The van der Waals surface area contributed by atoms with E-state index < -0.39 is 17.7 Å². The summed E-state index contributed by atoms with van der Waals surface area (Å²) in [5, 5.41) is 9.81. The van der Waals surface area contributed by atoms with Crippen LogP contribution in [0.2, 0.25) is 0 Å². The number of hydrogen-bond acceptors (Lipinski definition) is 4. The normalized spacial score (nSPS) is 12.0. The second-order valence-corrected chi connectivity index (χ2v) is 5.46. The molecular formula is C13H24F3N3O4. The molecule has 4 N–H and O–H groups in total. The number of carboxylic acids is 1. The summed E-state index contributed by atoms with van der Waals surface area (Å²) in [6, 6.07) is 0. The molecule has 10 heteroatoms. The third-order valence-electron chi connectivity index (χ3n) is 1.86. The Morgan fingerprint density at radius 2 is 1.70 bits per heavy atom. The summed E-state index contributed by atoms with van der Waals surface area (Å²) in [6.07, 6.45) is -3.67. The van der Waals surface area contributed by atoms with Crippen LogP contribution in [0.4, 0.5) is 18.0 Å². The lowest BCUT2D eigenvalue weighted by molar-refractivity contribution is -0.192. The van der Waals surface area contributed by atoms with Crippen LogP contribution in [0.3, 0.4) is 0 Å².